The predicted molar refractivity (Wildman–Crippen MR) is 218 cm³/mol. The lowest BCUT2D eigenvalue weighted by molar-refractivity contribution is -0.427. The molecule has 0 spiro atoms. The lowest BCUT2D eigenvalue weighted by Crippen LogP contribution is -2.30. The Hall–Kier alpha value is -5.12. The van der Waals surface area contributed by atoms with Crippen LogP contribution < -0.4 is 4.90 Å². The summed E-state index contributed by atoms with van der Waals surface area (Å²) in [6, 6.07) is 15.7. The molecule has 0 unspecified atom stereocenters. The van der Waals surface area contributed by atoms with E-state index in [0.29, 0.717) is 62.2 Å². The number of aliphatic carboxylic acids is 2. The van der Waals surface area contributed by atoms with Crippen molar-refractivity contribution in [1.82, 2.24) is 0 Å². The number of anilines is 1. The zero-order valence-corrected chi connectivity index (χ0v) is 33.8. The molecule has 7 rings (SSSR count). The summed E-state index contributed by atoms with van der Waals surface area (Å²) >= 11 is 7.10. The van der Waals surface area contributed by atoms with Crippen LogP contribution in [-0.4, -0.2) is 71.5 Å². The lowest BCUT2D eigenvalue weighted by atomic mass is 9.78. The summed E-state index contributed by atoms with van der Waals surface area (Å²) in [5, 5.41) is 22.2. The number of halogens is 1. The van der Waals surface area contributed by atoms with Gasteiger partial charge in [-0.25, -0.2) is 4.79 Å². The van der Waals surface area contributed by atoms with E-state index < -0.39 is 43.0 Å². The third kappa shape index (κ3) is 6.88. The molecule has 15 heteroatoms. The molecule has 2 heterocycles. The van der Waals surface area contributed by atoms with Crippen molar-refractivity contribution in [3.63, 3.8) is 0 Å². The molecule has 4 N–H and O–H groups in total. The Morgan fingerprint density at radius 3 is 1.93 bits per heavy atom. The topological polar surface area (TPSA) is 190 Å². The fourth-order valence-corrected chi connectivity index (χ4v) is 10.5. The number of allylic oxidation sites excluding steroid dienone is 8. The van der Waals surface area contributed by atoms with Crippen LogP contribution in [0.3, 0.4) is 0 Å². The number of carbonyl (C=O) groups is 2. The van der Waals surface area contributed by atoms with Crippen molar-refractivity contribution < 1.29 is 50.3 Å². The van der Waals surface area contributed by atoms with Gasteiger partial charge in [0.25, 0.3) is 20.2 Å². The molecular weight excluding hydrogens is 792 g/mol. The van der Waals surface area contributed by atoms with Gasteiger partial charge in [-0.1, -0.05) is 67.9 Å². The first-order chi connectivity index (χ1) is 26.6. The van der Waals surface area contributed by atoms with Crippen LogP contribution in [-0.2, 0) is 40.7 Å². The Balaban J connectivity index is 1.30. The van der Waals surface area contributed by atoms with E-state index in [9.17, 15) is 45.7 Å². The Bertz CT molecular complexity index is 2850. The van der Waals surface area contributed by atoms with E-state index in [2.05, 4.69) is 0 Å². The van der Waals surface area contributed by atoms with Crippen LogP contribution in [0.2, 0.25) is 0 Å². The fraction of sp³-hybridized carbons (Fsp3) is 0.262. The van der Waals surface area contributed by atoms with Crippen molar-refractivity contribution in [2.75, 3.05) is 18.0 Å². The SMILES string of the molecule is CC1(C)C(/C=C/C2=C(Cl)C(=C/C=C3/N(CC(=O)O)c4ccc5c(S(=O)(=O)O)cccc5c4C3(C)C)CCC2)=[N+](CC(=O)O)c2ccc3c(S(=O)(=O)O)cccc3c21. The first-order valence-corrected chi connectivity index (χ1v) is 21.3. The number of rotatable bonds is 9. The number of fused-ring (bicyclic) bond motifs is 6. The average molecular weight is 832 g/mol. The van der Waals surface area contributed by atoms with E-state index in [1.54, 1.807) is 58.0 Å². The minimum absolute atomic E-state index is 0.239. The maximum atomic E-state index is 12.2. The van der Waals surface area contributed by atoms with Crippen molar-refractivity contribution in [2.45, 2.75) is 67.6 Å². The largest absolute Gasteiger partial charge is 0.480 e. The van der Waals surface area contributed by atoms with Crippen molar-refractivity contribution in [2.24, 2.45) is 0 Å². The molecule has 0 atom stereocenters. The van der Waals surface area contributed by atoms with E-state index in [1.165, 1.54) is 12.1 Å². The zero-order valence-electron chi connectivity index (χ0n) is 31.4. The van der Waals surface area contributed by atoms with Gasteiger partial charge in [0.05, 0.1) is 5.41 Å². The first kappa shape index (κ1) is 40.1. The van der Waals surface area contributed by atoms with Gasteiger partial charge in [0, 0.05) is 50.3 Å². The maximum Gasteiger partial charge on any atom is 0.370 e. The van der Waals surface area contributed by atoms with Gasteiger partial charge in [-0.15, -0.1) is 0 Å². The Labute approximate surface area is 334 Å². The van der Waals surface area contributed by atoms with Crippen LogP contribution in [0.1, 0.15) is 58.1 Å². The van der Waals surface area contributed by atoms with Gasteiger partial charge in [0.1, 0.15) is 16.3 Å². The molecule has 0 saturated heterocycles. The summed E-state index contributed by atoms with van der Waals surface area (Å²) in [5.41, 5.74) is 3.96. The highest BCUT2D eigenvalue weighted by molar-refractivity contribution is 7.86. The molecule has 0 aromatic heterocycles. The predicted octanol–water partition coefficient (Wildman–Crippen LogP) is 7.87. The van der Waals surface area contributed by atoms with Crippen LogP contribution in [0.15, 0.2) is 117 Å². The Morgan fingerprint density at radius 1 is 0.754 bits per heavy atom. The number of hydrogen-bond acceptors (Lipinski definition) is 7. The van der Waals surface area contributed by atoms with Crippen molar-refractivity contribution in [3.8, 4) is 0 Å². The van der Waals surface area contributed by atoms with E-state index in [1.807, 2.05) is 52.0 Å². The number of benzene rings is 4. The molecular formula is C42H40ClN2O10S2+. The van der Waals surface area contributed by atoms with E-state index >= 15 is 0 Å². The van der Waals surface area contributed by atoms with Crippen molar-refractivity contribution in [3.05, 3.63) is 118 Å². The molecule has 296 valence electrons. The summed E-state index contributed by atoms with van der Waals surface area (Å²) in [5.74, 6) is -2.13. The average Bonchev–Trinajstić information content (AvgIpc) is 3.46. The van der Waals surface area contributed by atoms with E-state index in [0.717, 1.165) is 28.7 Å². The number of hydrogen-bond donors (Lipinski definition) is 4. The number of nitrogens with zero attached hydrogens (tertiary/aromatic N) is 2. The van der Waals surface area contributed by atoms with Gasteiger partial charge in [0.2, 0.25) is 12.2 Å². The molecule has 0 saturated carbocycles. The number of carboxylic acid groups (broad SMARTS) is 2. The highest BCUT2D eigenvalue weighted by Gasteiger charge is 2.47. The summed E-state index contributed by atoms with van der Waals surface area (Å²) in [6.07, 6.45) is 9.45. The maximum absolute atomic E-state index is 12.2. The molecule has 0 radical (unpaired) electrons. The highest BCUT2D eigenvalue weighted by Crippen LogP contribution is 2.52. The minimum atomic E-state index is -4.54. The van der Waals surface area contributed by atoms with Gasteiger partial charge in [0.15, 0.2) is 5.71 Å². The van der Waals surface area contributed by atoms with Crippen LogP contribution in [0, 0.1) is 0 Å². The molecule has 2 aliphatic heterocycles. The third-order valence-corrected chi connectivity index (χ3v) is 13.5. The standard InChI is InChI=1S/C42H39ClN2O10S2/c1-41(2)34(44(22-36(46)47)30-18-16-26-28(38(30)41)10-6-12-32(26)56(50,51)52)20-14-24-8-5-9-25(40(24)43)15-21-35-42(3,4)39-29-11-7-13-33(57(53,54)55)27(29)17-19-31(39)45(35)23-37(48)49/h6-7,10-21H,5,8-9,22-23H2,1-4H3,(H3-,46,47,48,49,50,51,52,53,54,55)/p+1. The second-order valence-electron chi connectivity index (χ2n) is 15.4. The molecule has 12 nitrogen and oxygen atoms in total. The van der Waals surface area contributed by atoms with E-state index in [-0.39, 0.29) is 22.9 Å². The van der Waals surface area contributed by atoms with Crippen molar-refractivity contribution in [1.29, 1.82) is 0 Å². The first-order valence-electron chi connectivity index (χ1n) is 18.1. The molecule has 57 heavy (non-hydrogen) atoms. The molecule has 3 aliphatic rings. The quantitative estimate of drug-likeness (QED) is 0.0949. The van der Waals surface area contributed by atoms with Gasteiger partial charge >= 0.3 is 11.9 Å². The minimum Gasteiger partial charge on any atom is -0.480 e. The monoisotopic (exact) mass is 831 g/mol. The molecule has 4 aromatic carbocycles. The highest BCUT2D eigenvalue weighted by atomic mass is 35.5. The van der Waals surface area contributed by atoms with Gasteiger partial charge in [-0.05, 0) is 90.9 Å². The summed E-state index contributed by atoms with van der Waals surface area (Å²) in [4.78, 5) is 25.5. The second kappa shape index (κ2) is 14.1. The molecule has 0 amide bonds. The number of carboxylic acids is 2. The second-order valence-corrected chi connectivity index (χ2v) is 18.6. The molecule has 4 aromatic rings. The molecule has 1 aliphatic carbocycles. The zero-order chi connectivity index (χ0) is 41.4. The normalized spacial score (nSPS) is 19.4. The Morgan fingerprint density at radius 2 is 1.35 bits per heavy atom. The van der Waals surface area contributed by atoms with Crippen LogP contribution in [0.5, 0.6) is 0 Å². The summed E-state index contributed by atoms with van der Waals surface area (Å²) in [6.45, 7) is 7.00. The molecule has 0 fully saturated rings. The Kier molecular flexibility index (Phi) is 9.89. The summed E-state index contributed by atoms with van der Waals surface area (Å²) < 4.78 is 70.5. The van der Waals surface area contributed by atoms with Gasteiger partial charge in [-0.3, -0.25) is 13.9 Å². The van der Waals surface area contributed by atoms with Crippen LogP contribution >= 0.6 is 11.6 Å². The third-order valence-electron chi connectivity index (χ3n) is 11.2. The molecule has 0 bridgehead atoms. The van der Waals surface area contributed by atoms with Crippen LogP contribution in [0.4, 0.5) is 11.4 Å². The van der Waals surface area contributed by atoms with Crippen LogP contribution in [0.25, 0.3) is 21.5 Å². The van der Waals surface area contributed by atoms with Gasteiger partial charge < -0.3 is 15.1 Å². The van der Waals surface area contributed by atoms with Crippen molar-refractivity contribution >= 4 is 82.4 Å². The van der Waals surface area contributed by atoms with E-state index in [4.69, 9.17) is 11.6 Å². The lowest BCUT2D eigenvalue weighted by Gasteiger charge is -2.26. The van der Waals surface area contributed by atoms with Gasteiger partial charge in [-0.2, -0.15) is 21.4 Å². The fourth-order valence-electron chi connectivity index (χ4n) is 8.81. The smallest absolute Gasteiger partial charge is 0.370 e. The summed E-state index contributed by atoms with van der Waals surface area (Å²) in [7, 11) is -9.07.